The lowest BCUT2D eigenvalue weighted by Crippen LogP contribution is -2.60. The van der Waals surface area contributed by atoms with Crippen LogP contribution in [-0.4, -0.2) is 21.2 Å². The van der Waals surface area contributed by atoms with Gasteiger partial charge in [0.05, 0.1) is 17.4 Å². The van der Waals surface area contributed by atoms with E-state index in [1.54, 1.807) is 12.4 Å². The molecule has 0 saturated carbocycles. The molecule has 0 atom stereocenters. The van der Waals surface area contributed by atoms with Crippen LogP contribution >= 0.6 is 0 Å². The van der Waals surface area contributed by atoms with Gasteiger partial charge in [-0.1, -0.05) is 72.8 Å². The van der Waals surface area contributed by atoms with E-state index in [1.807, 2.05) is 6.20 Å². The fraction of sp³-hybridized carbons (Fsp3) is 0. The summed E-state index contributed by atoms with van der Waals surface area (Å²) in [6.45, 7) is 0.127. The van der Waals surface area contributed by atoms with Crippen molar-refractivity contribution in [2.75, 3.05) is 4.90 Å². The third-order valence-corrected chi connectivity index (χ3v) is 8.31. The predicted molar refractivity (Wildman–Crippen MR) is 161 cm³/mol. The summed E-state index contributed by atoms with van der Waals surface area (Å²) in [6.07, 6.45) is 5.36. The fourth-order valence-electron chi connectivity index (χ4n) is 6.81. The highest BCUT2D eigenvalue weighted by Gasteiger charge is 2.42. The molecule has 5 heteroatoms. The van der Waals surface area contributed by atoms with E-state index in [4.69, 9.17) is 4.98 Å². The zero-order valence-corrected chi connectivity index (χ0v) is 21.0. The number of hydrogen-bond donors (Lipinski definition) is 0. The van der Waals surface area contributed by atoms with Crippen molar-refractivity contribution in [3.8, 4) is 16.9 Å². The first kappa shape index (κ1) is 20.9. The Morgan fingerprint density at radius 2 is 1.38 bits per heavy atom. The van der Waals surface area contributed by atoms with Crippen LogP contribution in [0.25, 0.3) is 38.8 Å². The Balaban J connectivity index is 1.50. The maximum atomic E-state index is 4.71. The highest BCUT2D eigenvalue weighted by Crippen LogP contribution is 2.42. The molecule has 0 bridgehead atoms. The molecule has 0 amide bonds. The summed E-state index contributed by atoms with van der Waals surface area (Å²) >= 11 is 0. The van der Waals surface area contributed by atoms with Crippen LogP contribution in [-0.2, 0) is 0 Å². The van der Waals surface area contributed by atoms with Gasteiger partial charge in [0.2, 0.25) is 0 Å². The summed E-state index contributed by atoms with van der Waals surface area (Å²) in [5.41, 5.74) is 13.2. The van der Waals surface area contributed by atoms with Crippen LogP contribution in [0.5, 0.6) is 0 Å². The van der Waals surface area contributed by atoms with E-state index in [0.29, 0.717) is 0 Å². The monoisotopic (exact) mass is 496 g/mol. The first-order chi connectivity index (χ1) is 19.4. The second kappa shape index (κ2) is 7.68. The number of anilines is 3. The highest BCUT2D eigenvalue weighted by atomic mass is 15.2. The lowest BCUT2D eigenvalue weighted by atomic mass is 9.33. The molecule has 4 heterocycles. The molecule has 0 saturated heterocycles. The number of fused-ring (bicyclic) bond motifs is 7. The third kappa shape index (κ3) is 2.74. The number of hydrogen-bond acceptors (Lipinski definition) is 3. The second-order valence-electron chi connectivity index (χ2n) is 10.3. The lowest BCUT2D eigenvalue weighted by molar-refractivity contribution is 1.17. The number of rotatable bonds is 2. The molecule has 0 aliphatic carbocycles. The van der Waals surface area contributed by atoms with Gasteiger partial charge in [-0.2, -0.15) is 0 Å². The van der Waals surface area contributed by atoms with E-state index in [0.717, 1.165) is 16.9 Å². The Morgan fingerprint density at radius 1 is 0.615 bits per heavy atom. The van der Waals surface area contributed by atoms with Gasteiger partial charge in [-0.15, -0.1) is 0 Å². The van der Waals surface area contributed by atoms with Gasteiger partial charge in [0.1, 0.15) is 0 Å². The minimum absolute atomic E-state index is 0.127. The molecule has 180 valence electrons. The maximum absolute atomic E-state index is 4.71. The van der Waals surface area contributed by atoms with Gasteiger partial charge in [-0.3, -0.25) is 9.97 Å². The van der Waals surface area contributed by atoms with E-state index in [2.05, 4.69) is 124 Å². The summed E-state index contributed by atoms with van der Waals surface area (Å²) in [4.78, 5) is 11.5. The average molecular weight is 496 g/mol. The molecule has 2 aliphatic rings. The highest BCUT2D eigenvalue weighted by molar-refractivity contribution is 7.00. The smallest absolute Gasteiger partial charge is 0.252 e. The minimum atomic E-state index is 0.127. The number of benzene rings is 5. The lowest BCUT2D eigenvalue weighted by Gasteiger charge is -2.40. The zero-order chi connectivity index (χ0) is 25.5. The summed E-state index contributed by atoms with van der Waals surface area (Å²) in [5.74, 6) is 0. The van der Waals surface area contributed by atoms with E-state index in [1.165, 1.54) is 55.3 Å². The zero-order valence-electron chi connectivity index (χ0n) is 21.0. The van der Waals surface area contributed by atoms with Crippen molar-refractivity contribution in [1.82, 2.24) is 14.5 Å². The third-order valence-electron chi connectivity index (χ3n) is 8.31. The first-order valence-corrected chi connectivity index (χ1v) is 13.3. The molecule has 9 rings (SSSR count). The topological polar surface area (TPSA) is 34.0 Å². The van der Waals surface area contributed by atoms with Gasteiger partial charge in [-0.25, -0.2) is 0 Å². The minimum Gasteiger partial charge on any atom is -0.311 e. The molecular formula is C34H21BN4. The average Bonchev–Trinajstić information content (AvgIpc) is 3.35. The molecule has 0 unspecified atom stereocenters. The summed E-state index contributed by atoms with van der Waals surface area (Å²) in [7, 11) is 0. The molecule has 0 spiro atoms. The van der Waals surface area contributed by atoms with Crippen molar-refractivity contribution < 1.29 is 0 Å². The Kier molecular flexibility index (Phi) is 4.11. The van der Waals surface area contributed by atoms with Crippen LogP contribution in [0.1, 0.15) is 0 Å². The van der Waals surface area contributed by atoms with Crippen LogP contribution < -0.4 is 21.3 Å². The van der Waals surface area contributed by atoms with Gasteiger partial charge < -0.3 is 9.47 Å². The predicted octanol–water partition coefficient (Wildman–Crippen LogP) is 5.85. The van der Waals surface area contributed by atoms with Gasteiger partial charge in [0.15, 0.2) is 0 Å². The Hall–Kier alpha value is -5.16. The Morgan fingerprint density at radius 3 is 2.28 bits per heavy atom. The van der Waals surface area contributed by atoms with Crippen LogP contribution in [0.2, 0.25) is 0 Å². The van der Waals surface area contributed by atoms with Gasteiger partial charge >= 0.3 is 0 Å². The second-order valence-corrected chi connectivity index (χ2v) is 10.3. The van der Waals surface area contributed by atoms with Crippen LogP contribution in [0.3, 0.4) is 0 Å². The molecular weight excluding hydrogens is 475 g/mol. The van der Waals surface area contributed by atoms with E-state index in [-0.39, 0.29) is 6.71 Å². The molecule has 0 N–H and O–H groups in total. The van der Waals surface area contributed by atoms with Gasteiger partial charge in [-0.05, 0) is 52.8 Å². The van der Waals surface area contributed by atoms with Crippen LogP contribution in [0.15, 0.2) is 128 Å². The van der Waals surface area contributed by atoms with Gasteiger partial charge in [0, 0.05) is 57.0 Å². The van der Waals surface area contributed by atoms with Crippen molar-refractivity contribution in [3.05, 3.63) is 128 Å². The van der Waals surface area contributed by atoms with Crippen LogP contribution in [0.4, 0.5) is 17.1 Å². The molecule has 2 aromatic heterocycles. The number of aromatic nitrogens is 3. The van der Waals surface area contributed by atoms with E-state index < -0.39 is 0 Å². The molecule has 39 heavy (non-hydrogen) atoms. The maximum Gasteiger partial charge on any atom is 0.252 e. The summed E-state index contributed by atoms with van der Waals surface area (Å²) in [6, 6.07) is 39.8. The standard InChI is InChI=1S/C34H21BN4/c1-2-9-23(10-3-1)38-30-16-7-5-13-26(30)35-27-14-8-12-25-24-11-4-6-15-29(24)39(34(25)27)32-20-22(19-31(38)33(32)35)28-21-36-17-18-37-28/h1-21H. The van der Waals surface area contributed by atoms with Crippen molar-refractivity contribution in [2.45, 2.75) is 0 Å². The number of para-hydroxylation sites is 4. The SMILES string of the molecule is c1ccc(N2c3ccccc3B3c4c2cc(-c2cnccn2)cc4-n2c4ccccc4c4cccc3c42)cc1. The van der Waals surface area contributed by atoms with Crippen molar-refractivity contribution in [2.24, 2.45) is 0 Å². The first-order valence-electron chi connectivity index (χ1n) is 13.3. The van der Waals surface area contributed by atoms with E-state index in [9.17, 15) is 0 Å². The molecule has 5 aromatic carbocycles. The molecule has 7 aromatic rings. The van der Waals surface area contributed by atoms with Crippen molar-refractivity contribution in [1.29, 1.82) is 0 Å². The molecule has 4 nitrogen and oxygen atoms in total. The quantitative estimate of drug-likeness (QED) is 0.282. The van der Waals surface area contributed by atoms with Crippen LogP contribution in [0, 0.1) is 0 Å². The Bertz CT molecular complexity index is 2080. The summed E-state index contributed by atoms with van der Waals surface area (Å²) < 4.78 is 2.48. The largest absolute Gasteiger partial charge is 0.311 e. The number of nitrogens with zero attached hydrogens (tertiary/aromatic N) is 4. The van der Waals surface area contributed by atoms with Crippen molar-refractivity contribution >= 4 is 62.0 Å². The molecule has 2 aliphatic heterocycles. The summed E-state index contributed by atoms with van der Waals surface area (Å²) in [5, 5.41) is 2.57. The van der Waals surface area contributed by atoms with E-state index >= 15 is 0 Å². The molecule has 0 radical (unpaired) electrons. The molecule has 0 fully saturated rings. The van der Waals surface area contributed by atoms with Crippen molar-refractivity contribution in [3.63, 3.8) is 0 Å². The Labute approximate surface area is 225 Å². The normalized spacial score (nSPS) is 13.0. The van der Waals surface area contributed by atoms with Gasteiger partial charge in [0.25, 0.3) is 6.71 Å². The fourth-order valence-corrected chi connectivity index (χ4v) is 6.81.